The zero-order valence-corrected chi connectivity index (χ0v) is 11.0. The monoisotopic (exact) mass is 216 g/mol. The first-order chi connectivity index (χ1) is 6.34. The molecule has 1 rings (SSSR count). The predicted molar refractivity (Wildman–Crippen MR) is 65.9 cm³/mol. The van der Waals surface area contributed by atoms with E-state index in [4.69, 9.17) is 0 Å². The molecule has 0 aromatic heterocycles. The van der Waals surface area contributed by atoms with Gasteiger partial charge in [0.25, 0.3) is 0 Å². The van der Waals surface area contributed by atoms with E-state index in [-0.39, 0.29) is 5.54 Å². The summed E-state index contributed by atoms with van der Waals surface area (Å²) in [7, 11) is 0. The molecule has 0 saturated carbocycles. The van der Waals surface area contributed by atoms with E-state index in [9.17, 15) is 0 Å². The van der Waals surface area contributed by atoms with Crippen LogP contribution in [0.25, 0.3) is 0 Å². The topological polar surface area (TPSA) is 6.48 Å². The van der Waals surface area contributed by atoms with Gasteiger partial charge in [-0.05, 0) is 34.6 Å². The maximum Gasteiger partial charge on any atom is 0.0500 e. The van der Waals surface area contributed by atoms with E-state index in [1.165, 1.54) is 0 Å². The van der Waals surface area contributed by atoms with Gasteiger partial charge in [-0.25, -0.2) is 0 Å². The summed E-state index contributed by atoms with van der Waals surface area (Å²) in [6, 6.07) is 0.641. The summed E-state index contributed by atoms with van der Waals surface area (Å²) in [5.74, 6) is 0. The summed E-state index contributed by atoms with van der Waals surface area (Å²) in [6.45, 7) is 14.8. The maximum atomic E-state index is 4.51. The first kappa shape index (κ1) is 12.3. The van der Waals surface area contributed by atoms with Crippen LogP contribution in [0.2, 0.25) is 0 Å². The maximum absolute atomic E-state index is 4.51. The molecule has 1 atom stereocenters. The third-order valence-electron chi connectivity index (χ3n) is 3.15. The number of nitrogens with zero attached hydrogens (tertiary/aromatic N) is 2. The van der Waals surface area contributed by atoms with Crippen molar-refractivity contribution in [2.75, 3.05) is 19.6 Å². The fourth-order valence-electron chi connectivity index (χ4n) is 2.48. The lowest BCUT2D eigenvalue weighted by atomic mass is 9.97. The summed E-state index contributed by atoms with van der Waals surface area (Å²) >= 11 is 4.51. The van der Waals surface area contributed by atoms with Gasteiger partial charge in [0, 0.05) is 31.2 Å². The van der Waals surface area contributed by atoms with Gasteiger partial charge in [-0.2, -0.15) is 12.6 Å². The SMILES string of the molecule is CC(C)N1CCN([C@@H](C)S)CC1(C)C. The van der Waals surface area contributed by atoms with E-state index in [1.807, 2.05) is 0 Å². The van der Waals surface area contributed by atoms with Gasteiger partial charge in [0.05, 0.1) is 5.37 Å². The average molecular weight is 216 g/mol. The van der Waals surface area contributed by atoms with E-state index in [0.29, 0.717) is 11.4 Å². The van der Waals surface area contributed by atoms with E-state index >= 15 is 0 Å². The summed E-state index contributed by atoms with van der Waals surface area (Å²) < 4.78 is 0. The standard InChI is InChI=1S/C11H24N2S/c1-9(2)13-7-6-12(10(3)14)8-11(13,4)5/h9-10,14H,6-8H2,1-5H3/t10-/m1/s1. The molecule has 1 fully saturated rings. The third kappa shape index (κ3) is 2.65. The molecule has 1 saturated heterocycles. The number of hydrogen-bond acceptors (Lipinski definition) is 3. The van der Waals surface area contributed by atoms with Gasteiger partial charge >= 0.3 is 0 Å². The highest BCUT2D eigenvalue weighted by Gasteiger charge is 2.35. The Morgan fingerprint density at radius 1 is 1.14 bits per heavy atom. The summed E-state index contributed by atoms with van der Waals surface area (Å²) in [5, 5.41) is 0.378. The predicted octanol–water partition coefficient (Wildman–Crippen LogP) is 2.07. The van der Waals surface area contributed by atoms with Crippen LogP contribution in [0.1, 0.15) is 34.6 Å². The molecule has 3 heteroatoms. The number of thiol groups is 1. The van der Waals surface area contributed by atoms with E-state index < -0.39 is 0 Å². The summed E-state index contributed by atoms with van der Waals surface area (Å²) in [6.07, 6.45) is 0. The lowest BCUT2D eigenvalue weighted by molar-refractivity contribution is -0.00349. The Hall–Kier alpha value is 0.270. The second kappa shape index (κ2) is 4.42. The molecule has 0 radical (unpaired) electrons. The second-order valence-corrected chi connectivity index (χ2v) is 5.95. The third-order valence-corrected chi connectivity index (χ3v) is 3.47. The molecule has 0 amide bonds. The lowest BCUT2D eigenvalue weighted by Crippen LogP contribution is -2.62. The molecule has 1 heterocycles. The van der Waals surface area contributed by atoms with Gasteiger partial charge < -0.3 is 0 Å². The smallest absolute Gasteiger partial charge is 0.0500 e. The van der Waals surface area contributed by atoms with Crippen LogP contribution >= 0.6 is 12.6 Å². The van der Waals surface area contributed by atoms with Crippen LogP contribution in [0.5, 0.6) is 0 Å². The van der Waals surface area contributed by atoms with Crippen LogP contribution in [0.3, 0.4) is 0 Å². The minimum Gasteiger partial charge on any atom is -0.293 e. The molecule has 1 aliphatic rings. The summed E-state index contributed by atoms with van der Waals surface area (Å²) in [5.41, 5.74) is 0.281. The highest BCUT2D eigenvalue weighted by atomic mass is 32.1. The molecular formula is C11H24N2S. The van der Waals surface area contributed by atoms with Crippen molar-refractivity contribution in [3.63, 3.8) is 0 Å². The van der Waals surface area contributed by atoms with Crippen LogP contribution in [-0.4, -0.2) is 46.4 Å². The number of hydrogen-bond donors (Lipinski definition) is 1. The van der Waals surface area contributed by atoms with E-state index in [2.05, 4.69) is 57.0 Å². The fourth-order valence-corrected chi connectivity index (χ4v) is 2.68. The molecule has 84 valence electrons. The van der Waals surface area contributed by atoms with Crippen LogP contribution in [0.15, 0.2) is 0 Å². The molecule has 0 spiro atoms. The highest BCUT2D eigenvalue weighted by molar-refractivity contribution is 7.80. The van der Waals surface area contributed by atoms with E-state index in [1.54, 1.807) is 0 Å². The Morgan fingerprint density at radius 2 is 1.71 bits per heavy atom. The highest BCUT2D eigenvalue weighted by Crippen LogP contribution is 2.24. The van der Waals surface area contributed by atoms with Crippen LogP contribution in [-0.2, 0) is 0 Å². The average Bonchev–Trinajstić information content (AvgIpc) is 2.01. The van der Waals surface area contributed by atoms with Crippen molar-refractivity contribution in [2.45, 2.75) is 51.6 Å². The quantitative estimate of drug-likeness (QED) is 0.706. The Kier molecular flexibility index (Phi) is 3.89. The first-order valence-corrected chi connectivity index (χ1v) is 6.05. The Balaban J connectivity index is 2.65. The number of piperazine rings is 1. The molecule has 2 nitrogen and oxygen atoms in total. The van der Waals surface area contributed by atoms with Crippen molar-refractivity contribution in [1.29, 1.82) is 0 Å². The zero-order chi connectivity index (χ0) is 10.9. The first-order valence-electron chi connectivity index (χ1n) is 5.53. The van der Waals surface area contributed by atoms with Gasteiger partial charge in [-0.1, -0.05) is 0 Å². The molecule has 0 unspecified atom stereocenters. The Morgan fingerprint density at radius 3 is 2.07 bits per heavy atom. The van der Waals surface area contributed by atoms with Gasteiger partial charge in [-0.3, -0.25) is 9.80 Å². The molecule has 0 aliphatic carbocycles. The zero-order valence-electron chi connectivity index (χ0n) is 10.1. The van der Waals surface area contributed by atoms with Gasteiger partial charge in [0.15, 0.2) is 0 Å². The van der Waals surface area contributed by atoms with Crippen molar-refractivity contribution in [3.05, 3.63) is 0 Å². The van der Waals surface area contributed by atoms with Crippen molar-refractivity contribution < 1.29 is 0 Å². The minimum absolute atomic E-state index is 0.281. The lowest BCUT2D eigenvalue weighted by Gasteiger charge is -2.50. The Bertz CT molecular complexity index is 190. The molecule has 14 heavy (non-hydrogen) atoms. The van der Waals surface area contributed by atoms with Crippen LogP contribution < -0.4 is 0 Å². The number of rotatable bonds is 2. The summed E-state index contributed by atoms with van der Waals surface area (Å²) in [4.78, 5) is 5.03. The van der Waals surface area contributed by atoms with Gasteiger partial charge in [0.2, 0.25) is 0 Å². The molecule has 0 bridgehead atoms. The molecule has 1 aliphatic heterocycles. The van der Waals surface area contributed by atoms with Gasteiger partial charge in [-0.15, -0.1) is 0 Å². The largest absolute Gasteiger partial charge is 0.293 e. The molecular weight excluding hydrogens is 192 g/mol. The van der Waals surface area contributed by atoms with Crippen molar-refractivity contribution in [1.82, 2.24) is 9.80 Å². The van der Waals surface area contributed by atoms with Crippen molar-refractivity contribution >= 4 is 12.6 Å². The fraction of sp³-hybridized carbons (Fsp3) is 1.00. The van der Waals surface area contributed by atoms with Crippen molar-refractivity contribution in [2.24, 2.45) is 0 Å². The second-order valence-electron chi connectivity index (χ2n) is 5.20. The molecule has 0 aromatic carbocycles. The Labute approximate surface area is 94.1 Å². The van der Waals surface area contributed by atoms with Gasteiger partial charge in [0.1, 0.15) is 0 Å². The van der Waals surface area contributed by atoms with Crippen molar-refractivity contribution in [3.8, 4) is 0 Å². The van der Waals surface area contributed by atoms with Crippen LogP contribution in [0, 0.1) is 0 Å². The normalized spacial score (nSPS) is 26.8. The molecule has 0 aromatic rings. The van der Waals surface area contributed by atoms with Crippen LogP contribution in [0.4, 0.5) is 0 Å². The molecule has 0 N–H and O–H groups in total. The minimum atomic E-state index is 0.281. The van der Waals surface area contributed by atoms with E-state index in [0.717, 1.165) is 19.6 Å².